The number of anilines is 2. The predicted octanol–water partition coefficient (Wildman–Crippen LogP) is 4.29. The van der Waals surface area contributed by atoms with Crippen molar-refractivity contribution in [2.75, 3.05) is 25.1 Å². The fourth-order valence-corrected chi connectivity index (χ4v) is 3.53. The highest BCUT2D eigenvalue weighted by atomic mass is 16.5. The van der Waals surface area contributed by atoms with Gasteiger partial charge < -0.3 is 14.4 Å². The Morgan fingerprint density at radius 1 is 1.03 bits per heavy atom. The van der Waals surface area contributed by atoms with Crippen molar-refractivity contribution in [3.05, 3.63) is 72.9 Å². The molecule has 0 bridgehead atoms. The van der Waals surface area contributed by atoms with Crippen LogP contribution in [0.5, 0.6) is 11.9 Å². The van der Waals surface area contributed by atoms with E-state index in [0.29, 0.717) is 19.0 Å². The maximum Gasteiger partial charge on any atom is 0.329 e. The van der Waals surface area contributed by atoms with E-state index < -0.39 is 0 Å². The lowest BCUT2D eigenvalue weighted by Crippen LogP contribution is -2.49. The zero-order valence-corrected chi connectivity index (χ0v) is 16.8. The molecule has 2 aromatic carbocycles. The third kappa shape index (κ3) is 4.51. The standard InChI is InChI=1S/C23H24N4O3/c1-29-22-24-15-14-21(25-22)30-20-13-8-16-26(17-20)23(28)27(18-9-4-2-5-10-18)19-11-6-3-7-12-19/h2-7,9-12,14-15,20H,8,13,16-17H2,1H3. The summed E-state index contributed by atoms with van der Waals surface area (Å²) in [7, 11) is 1.52. The zero-order chi connectivity index (χ0) is 20.8. The topological polar surface area (TPSA) is 67.8 Å². The minimum atomic E-state index is -0.143. The molecule has 1 aromatic heterocycles. The van der Waals surface area contributed by atoms with Crippen LogP contribution in [0.1, 0.15) is 12.8 Å². The molecule has 0 aliphatic carbocycles. The van der Waals surface area contributed by atoms with E-state index in [1.165, 1.54) is 7.11 Å². The van der Waals surface area contributed by atoms with Crippen molar-refractivity contribution in [3.8, 4) is 11.9 Å². The number of rotatable bonds is 5. The Balaban J connectivity index is 1.53. The third-order valence-corrected chi connectivity index (χ3v) is 4.95. The summed E-state index contributed by atoms with van der Waals surface area (Å²) in [5, 5.41) is 0. The zero-order valence-electron chi connectivity index (χ0n) is 16.8. The Bertz CT molecular complexity index is 929. The van der Waals surface area contributed by atoms with Gasteiger partial charge in [0.1, 0.15) is 6.10 Å². The van der Waals surface area contributed by atoms with Crippen LogP contribution in [0, 0.1) is 0 Å². The second-order valence-corrected chi connectivity index (χ2v) is 7.00. The van der Waals surface area contributed by atoms with Gasteiger partial charge in [0.2, 0.25) is 5.88 Å². The van der Waals surface area contributed by atoms with Gasteiger partial charge in [-0.2, -0.15) is 4.98 Å². The maximum absolute atomic E-state index is 13.5. The van der Waals surface area contributed by atoms with Crippen molar-refractivity contribution >= 4 is 17.4 Å². The Labute approximate surface area is 175 Å². The summed E-state index contributed by atoms with van der Waals surface area (Å²) >= 11 is 0. The first-order valence-electron chi connectivity index (χ1n) is 9.97. The lowest BCUT2D eigenvalue weighted by Gasteiger charge is -2.36. The van der Waals surface area contributed by atoms with E-state index in [-0.39, 0.29) is 18.1 Å². The molecule has 4 rings (SSSR count). The Kier molecular flexibility index (Phi) is 6.08. The summed E-state index contributed by atoms with van der Waals surface area (Å²) in [6.45, 7) is 1.17. The van der Waals surface area contributed by atoms with Gasteiger partial charge in [-0.05, 0) is 37.1 Å². The van der Waals surface area contributed by atoms with Gasteiger partial charge in [-0.1, -0.05) is 36.4 Å². The SMILES string of the molecule is COc1nccc(OC2CCCN(C(=O)N(c3ccccc3)c3ccccc3)C2)n1. The molecule has 1 atom stereocenters. The van der Waals surface area contributed by atoms with Crippen molar-refractivity contribution < 1.29 is 14.3 Å². The molecule has 3 aromatic rings. The summed E-state index contributed by atoms with van der Waals surface area (Å²) in [4.78, 5) is 25.4. The molecule has 1 aliphatic heterocycles. The largest absolute Gasteiger partial charge is 0.472 e. The van der Waals surface area contributed by atoms with Crippen LogP contribution < -0.4 is 14.4 Å². The summed E-state index contributed by atoms with van der Waals surface area (Å²) in [5.74, 6) is 0.448. The van der Waals surface area contributed by atoms with Crippen molar-refractivity contribution in [2.45, 2.75) is 18.9 Å². The number of benzene rings is 2. The first kappa shape index (κ1) is 19.7. The minimum Gasteiger partial charge on any atom is -0.472 e. The van der Waals surface area contributed by atoms with Gasteiger partial charge in [-0.25, -0.2) is 9.78 Å². The monoisotopic (exact) mass is 404 g/mol. The average Bonchev–Trinajstić information content (AvgIpc) is 2.81. The molecule has 1 unspecified atom stereocenters. The van der Waals surface area contributed by atoms with E-state index >= 15 is 0 Å². The number of aromatic nitrogens is 2. The molecule has 0 saturated carbocycles. The number of nitrogens with zero attached hydrogens (tertiary/aromatic N) is 4. The van der Waals surface area contributed by atoms with Gasteiger partial charge in [0.25, 0.3) is 0 Å². The molecule has 154 valence electrons. The van der Waals surface area contributed by atoms with E-state index in [4.69, 9.17) is 9.47 Å². The van der Waals surface area contributed by atoms with Gasteiger partial charge in [0.15, 0.2) is 0 Å². The number of carbonyl (C=O) groups excluding carboxylic acids is 1. The van der Waals surface area contributed by atoms with Gasteiger partial charge in [0, 0.05) is 18.8 Å². The number of methoxy groups -OCH3 is 1. The minimum absolute atomic E-state index is 0.0685. The van der Waals surface area contributed by atoms with E-state index in [0.717, 1.165) is 24.2 Å². The van der Waals surface area contributed by atoms with Crippen LogP contribution in [0.3, 0.4) is 0 Å². The lowest BCUT2D eigenvalue weighted by molar-refractivity contribution is 0.100. The predicted molar refractivity (Wildman–Crippen MR) is 114 cm³/mol. The summed E-state index contributed by atoms with van der Waals surface area (Å²) in [5.41, 5.74) is 1.66. The summed E-state index contributed by atoms with van der Waals surface area (Å²) in [6.07, 6.45) is 3.16. The smallest absolute Gasteiger partial charge is 0.329 e. The van der Waals surface area contributed by atoms with E-state index in [2.05, 4.69) is 9.97 Å². The number of para-hydroxylation sites is 2. The molecule has 0 radical (unpaired) electrons. The molecule has 30 heavy (non-hydrogen) atoms. The third-order valence-electron chi connectivity index (χ3n) is 4.95. The fourth-order valence-electron chi connectivity index (χ4n) is 3.53. The molecule has 0 N–H and O–H groups in total. The fraction of sp³-hybridized carbons (Fsp3) is 0.261. The number of piperidine rings is 1. The molecule has 7 nitrogen and oxygen atoms in total. The second-order valence-electron chi connectivity index (χ2n) is 7.00. The Morgan fingerprint density at radius 3 is 2.33 bits per heavy atom. The summed E-state index contributed by atoms with van der Waals surface area (Å²) in [6, 6.07) is 21.3. The van der Waals surface area contributed by atoms with Crippen molar-refractivity contribution in [2.24, 2.45) is 0 Å². The number of hydrogen-bond donors (Lipinski definition) is 0. The number of urea groups is 1. The molecule has 2 amide bonds. The Hall–Kier alpha value is -3.61. The highest BCUT2D eigenvalue weighted by Gasteiger charge is 2.30. The first-order chi connectivity index (χ1) is 14.7. The van der Waals surface area contributed by atoms with Gasteiger partial charge in [0.05, 0.1) is 25.0 Å². The van der Waals surface area contributed by atoms with Crippen molar-refractivity contribution in [1.29, 1.82) is 0 Å². The highest BCUT2D eigenvalue weighted by molar-refractivity contribution is 5.99. The molecular weight excluding hydrogens is 380 g/mol. The molecular formula is C23H24N4O3. The highest BCUT2D eigenvalue weighted by Crippen LogP contribution is 2.28. The van der Waals surface area contributed by atoms with Crippen LogP contribution in [-0.4, -0.2) is 47.2 Å². The molecule has 1 saturated heterocycles. The van der Waals surface area contributed by atoms with Crippen LogP contribution in [0.2, 0.25) is 0 Å². The van der Waals surface area contributed by atoms with Crippen molar-refractivity contribution in [1.82, 2.24) is 14.9 Å². The number of likely N-dealkylation sites (tertiary alicyclic amines) is 1. The lowest BCUT2D eigenvalue weighted by atomic mass is 10.1. The van der Waals surface area contributed by atoms with Crippen LogP contribution in [0.4, 0.5) is 16.2 Å². The molecule has 0 spiro atoms. The van der Waals surface area contributed by atoms with Gasteiger partial charge in [-0.3, -0.25) is 4.90 Å². The van der Waals surface area contributed by atoms with Crippen LogP contribution in [-0.2, 0) is 0 Å². The number of amides is 2. The normalized spacial score (nSPS) is 16.0. The molecule has 1 aliphatic rings. The van der Waals surface area contributed by atoms with E-state index in [9.17, 15) is 4.79 Å². The van der Waals surface area contributed by atoms with Crippen molar-refractivity contribution in [3.63, 3.8) is 0 Å². The first-order valence-corrected chi connectivity index (χ1v) is 9.97. The quantitative estimate of drug-likeness (QED) is 0.635. The van der Waals surface area contributed by atoms with Crippen LogP contribution >= 0.6 is 0 Å². The van der Waals surface area contributed by atoms with Crippen LogP contribution in [0.25, 0.3) is 0 Å². The average molecular weight is 404 g/mol. The van der Waals surface area contributed by atoms with Gasteiger partial charge >= 0.3 is 12.0 Å². The van der Waals surface area contributed by atoms with Crippen LogP contribution in [0.15, 0.2) is 72.9 Å². The number of ether oxygens (including phenoxy) is 2. The summed E-state index contributed by atoms with van der Waals surface area (Å²) < 4.78 is 11.1. The van der Waals surface area contributed by atoms with E-state index in [1.807, 2.05) is 65.6 Å². The second kappa shape index (κ2) is 9.26. The Morgan fingerprint density at radius 2 is 1.70 bits per heavy atom. The maximum atomic E-state index is 13.5. The molecule has 1 fully saturated rings. The number of carbonyl (C=O) groups is 1. The molecule has 7 heteroatoms. The van der Waals surface area contributed by atoms with E-state index in [1.54, 1.807) is 17.2 Å². The van der Waals surface area contributed by atoms with Gasteiger partial charge in [-0.15, -0.1) is 0 Å². The number of hydrogen-bond acceptors (Lipinski definition) is 5. The molecule has 2 heterocycles.